The van der Waals surface area contributed by atoms with Gasteiger partial charge in [-0.3, -0.25) is 0 Å². The van der Waals surface area contributed by atoms with E-state index in [1.165, 1.54) is 44.3 Å². The third-order valence-corrected chi connectivity index (χ3v) is 4.91. The highest BCUT2D eigenvalue weighted by Crippen LogP contribution is 2.30. The first-order chi connectivity index (χ1) is 9.78. The first-order valence-corrected chi connectivity index (χ1v) is 7.91. The summed E-state index contributed by atoms with van der Waals surface area (Å²) in [6, 6.07) is 10.2. The van der Waals surface area contributed by atoms with E-state index >= 15 is 0 Å². The molecule has 2 saturated heterocycles. The largest absolute Gasteiger partial charge is 0.496 e. The topological polar surface area (TPSA) is 24.5 Å². The number of fused-ring (bicyclic) bond motifs is 1. The van der Waals surface area contributed by atoms with Crippen LogP contribution < -0.4 is 10.1 Å². The quantitative estimate of drug-likeness (QED) is 0.913. The molecule has 2 fully saturated rings. The van der Waals surface area contributed by atoms with Crippen LogP contribution in [0.2, 0.25) is 0 Å². The Bertz CT molecular complexity index is 448. The lowest BCUT2D eigenvalue weighted by Gasteiger charge is -2.36. The number of methoxy groups -OCH3 is 1. The summed E-state index contributed by atoms with van der Waals surface area (Å²) >= 11 is 0. The van der Waals surface area contributed by atoms with Crippen molar-refractivity contribution in [3.05, 3.63) is 29.8 Å². The summed E-state index contributed by atoms with van der Waals surface area (Å²) < 4.78 is 5.48. The van der Waals surface area contributed by atoms with Crippen molar-refractivity contribution in [2.24, 2.45) is 0 Å². The fourth-order valence-electron chi connectivity index (χ4n) is 3.84. The molecule has 0 bridgehead atoms. The molecule has 0 spiro atoms. The van der Waals surface area contributed by atoms with Gasteiger partial charge in [0.2, 0.25) is 0 Å². The number of ether oxygens (including phenoxy) is 1. The molecule has 2 heterocycles. The smallest absolute Gasteiger partial charge is 0.123 e. The maximum Gasteiger partial charge on any atom is 0.123 e. The predicted molar refractivity (Wildman–Crippen MR) is 82.2 cm³/mol. The minimum atomic E-state index is 0.351. The molecule has 110 valence electrons. The highest BCUT2D eigenvalue weighted by atomic mass is 16.5. The second-order valence-corrected chi connectivity index (χ2v) is 6.18. The second kappa shape index (κ2) is 6.15. The summed E-state index contributed by atoms with van der Waals surface area (Å²) in [7, 11) is 1.75. The summed E-state index contributed by atoms with van der Waals surface area (Å²) in [5.74, 6) is 0.991. The maximum atomic E-state index is 5.48. The lowest BCUT2D eigenvalue weighted by atomic mass is 9.96. The van der Waals surface area contributed by atoms with Crippen molar-refractivity contribution in [1.29, 1.82) is 0 Å². The Hall–Kier alpha value is -1.06. The van der Waals surface area contributed by atoms with Gasteiger partial charge in [-0.2, -0.15) is 0 Å². The van der Waals surface area contributed by atoms with Crippen molar-refractivity contribution in [2.45, 2.75) is 50.7 Å². The molecule has 2 aliphatic heterocycles. The van der Waals surface area contributed by atoms with Gasteiger partial charge in [0.1, 0.15) is 5.75 Å². The van der Waals surface area contributed by atoms with Crippen LogP contribution in [-0.2, 0) is 0 Å². The van der Waals surface area contributed by atoms with E-state index in [0.717, 1.165) is 11.8 Å². The molecule has 20 heavy (non-hydrogen) atoms. The zero-order valence-corrected chi connectivity index (χ0v) is 12.6. The average Bonchev–Trinajstić information content (AvgIpc) is 2.94. The zero-order valence-electron chi connectivity index (χ0n) is 12.6. The van der Waals surface area contributed by atoms with E-state index in [-0.39, 0.29) is 0 Å². The molecule has 3 heteroatoms. The standard InChI is InChI=1S/C17H26N2O/c1-13(16-7-3-4-8-17(16)20-2)18-14-9-11-19-10-5-6-15(19)12-14/h3-4,7-8,13-15,18H,5-6,9-12H2,1-2H3. The lowest BCUT2D eigenvalue weighted by molar-refractivity contribution is 0.162. The van der Waals surface area contributed by atoms with Gasteiger partial charge in [-0.05, 0) is 51.8 Å². The predicted octanol–water partition coefficient (Wildman–Crippen LogP) is 2.97. The molecule has 1 N–H and O–H groups in total. The third kappa shape index (κ3) is 2.84. The van der Waals surface area contributed by atoms with Gasteiger partial charge in [0.15, 0.2) is 0 Å². The van der Waals surface area contributed by atoms with Gasteiger partial charge in [-0.15, -0.1) is 0 Å². The fourth-order valence-corrected chi connectivity index (χ4v) is 3.84. The molecule has 3 nitrogen and oxygen atoms in total. The van der Waals surface area contributed by atoms with Crippen molar-refractivity contribution in [1.82, 2.24) is 10.2 Å². The Morgan fingerprint density at radius 3 is 2.95 bits per heavy atom. The van der Waals surface area contributed by atoms with Crippen LogP contribution in [0.3, 0.4) is 0 Å². The summed E-state index contributed by atoms with van der Waals surface area (Å²) in [6.07, 6.45) is 5.36. The minimum absolute atomic E-state index is 0.351. The number of hydrogen-bond acceptors (Lipinski definition) is 3. The van der Waals surface area contributed by atoms with E-state index in [2.05, 4.69) is 29.3 Å². The van der Waals surface area contributed by atoms with Gasteiger partial charge in [0.25, 0.3) is 0 Å². The molecule has 1 aromatic rings. The Balaban J connectivity index is 1.62. The van der Waals surface area contributed by atoms with Crippen molar-refractivity contribution in [2.75, 3.05) is 20.2 Å². The SMILES string of the molecule is COc1ccccc1C(C)NC1CCN2CCCC2C1. The van der Waals surface area contributed by atoms with E-state index in [1.807, 2.05) is 12.1 Å². The molecule has 1 aromatic carbocycles. The Morgan fingerprint density at radius 2 is 2.10 bits per heavy atom. The third-order valence-electron chi connectivity index (χ3n) is 4.91. The monoisotopic (exact) mass is 274 g/mol. The maximum absolute atomic E-state index is 5.48. The van der Waals surface area contributed by atoms with Gasteiger partial charge in [-0.1, -0.05) is 18.2 Å². The second-order valence-electron chi connectivity index (χ2n) is 6.18. The van der Waals surface area contributed by atoms with Gasteiger partial charge < -0.3 is 15.0 Å². The van der Waals surface area contributed by atoms with E-state index in [0.29, 0.717) is 12.1 Å². The van der Waals surface area contributed by atoms with Crippen molar-refractivity contribution in [3.8, 4) is 5.75 Å². The number of para-hydroxylation sites is 1. The molecular formula is C17H26N2O. The molecule has 2 aliphatic rings. The number of hydrogen-bond donors (Lipinski definition) is 1. The van der Waals surface area contributed by atoms with E-state index in [1.54, 1.807) is 7.11 Å². The van der Waals surface area contributed by atoms with Crippen molar-refractivity contribution >= 4 is 0 Å². The van der Waals surface area contributed by atoms with E-state index < -0.39 is 0 Å². The van der Waals surface area contributed by atoms with Crippen LogP contribution in [0, 0.1) is 0 Å². The van der Waals surface area contributed by atoms with Crippen molar-refractivity contribution in [3.63, 3.8) is 0 Å². The molecule has 3 unspecified atom stereocenters. The Kier molecular flexibility index (Phi) is 4.27. The summed E-state index contributed by atoms with van der Waals surface area (Å²) in [5, 5.41) is 3.82. The number of piperidine rings is 1. The minimum Gasteiger partial charge on any atom is -0.496 e. The molecule has 0 amide bonds. The number of nitrogens with one attached hydrogen (secondary N) is 1. The lowest BCUT2D eigenvalue weighted by Crippen LogP contribution is -2.46. The van der Waals surface area contributed by atoms with E-state index in [4.69, 9.17) is 4.74 Å². The average molecular weight is 274 g/mol. The summed E-state index contributed by atoms with van der Waals surface area (Å²) in [4.78, 5) is 2.67. The zero-order chi connectivity index (χ0) is 13.9. The van der Waals surface area contributed by atoms with Gasteiger partial charge >= 0.3 is 0 Å². The van der Waals surface area contributed by atoms with Crippen molar-refractivity contribution < 1.29 is 4.74 Å². The van der Waals surface area contributed by atoms with E-state index in [9.17, 15) is 0 Å². The highest BCUT2D eigenvalue weighted by molar-refractivity contribution is 5.35. The van der Waals surface area contributed by atoms with Crippen LogP contribution in [0.1, 0.15) is 44.2 Å². The number of nitrogens with zero attached hydrogens (tertiary/aromatic N) is 1. The number of rotatable bonds is 4. The first kappa shape index (κ1) is 13.9. The molecule has 3 rings (SSSR count). The Morgan fingerprint density at radius 1 is 1.25 bits per heavy atom. The van der Waals surface area contributed by atoms with Crippen LogP contribution >= 0.6 is 0 Å². The molecule has 0 aliphatic carbocycles. The molecule has 3 atom stereocenters. The Labute approximate surface area is 122 Å². The molecule has 0 saturated carbocycles. The summed E-state index contributed by atoms with van der Waals surface area (Å²) in [5.41, 5.74) is 1.27. The summed E-state index contributed by atoms with van der Waals surface area (Å²) in [6.45, 7) is 4.83. The van der Waals surface area contributed by atoms with Gasteiger partial charge in [0.05, 0.1) is 7.11 Å². The van der Waals surface area contributed by atoms with Gasteiger partial charge in [0, 0.05) is 23.7 Å². The van der Waals surface area contributed by atoms with Crippen LogP contribution in [0.5, 0.6) is 5.75 Å². The fraction of sp³-hybridized carbons (Fsp3) is 0.647. The molecular weight excluding hydrogens is 248 g/mol. The highest BCUT2D eigenvalue weighted by Gasteiger charge is 2.32. The van der Waals surface area contributed by atoms with Crippen LogP contribution in [0.4, 0.5) is 0 Å². The number of benzene rings is 1. The van der Waals surface area contributed by atoms with Gasteiger partial charge in [-0.25, -0.2) is 0 Å². The first-order valence-electron chi connectivity index (χ1n) is 7.91. The van der Waals surface area contributed by atoms with Crippen LogP contribution in [0.25, 0.3) is 0 Å². The molecule has 0 aromatic heterocycles. The van der Waals surface area contributed by atoms with Crippen LogP contribution in [-0.4, -0.2) is 37.2 Å². The normalized spacial score (nSPS) is 28.1. The molecule has 0 radical (unpaired) electrons. The van der Waals surface area contributed by atoms with Crippen LogP contribution in [0.15, 0.2) is 24.3 Å².